The number of hydrogen-bond donors (Lipinski definition) is 1. The van der Waals surface area contributed by atoms with Gasteiger partial charge in [-0.15, -0.1) is 0 Å². The number of anilines is 1. The monoisotopic (exact) mass is 439 g/mol. The highest BCUT2D eigenvalue weighted by Gasteiger charge is 2.25. The highest BCUT2D eigenvalue weighted by Crippen LogP contribution is 2.27. The minimum absolute atomic E-state index is 0.115. The molecule has 156 valence electrons. The summed E-state index contributed by atoms with van der Waals surface area (Å²) in [6.45, 7) is -0.229. The van der Waals surface area contributed by atoms with Crippen LogP contribution < -0.4 is 10.1 Å². The molecule has 0 aromatic heterocycles. The molecule has 2 aromatic carbocycles. The van der Waals surface area contributed by atoms with Crippen molar-refractivity contribution in [2.24, 2.45) is 0 Å². The van der Waals surface area contributed by atoms with Gasteiger partial charge in [-0.3, -0.25) is 9.59 Å². The van der Waals surface area contributed by atoms with Crippen molar-refractivity contribution in [2.45, 2.75) is 4.90 Å². The van der Waals surface area contributed by atoms with Crippen LogP contribution in [-0.2, 0) is 14.8 Å². The molecule has 2 amide bonds. The lowest BCUT2D eigenvalue weighted by Crippen LogP contribution is -2.35. The Morgan fingerprint density at radius 2 is 1.79 bits per heavy atom. The molecule has 0 aliphatic heterocycles. The smallest absolute Gasteiger partial charge is 0.254 e. The summed E-state index contributed by atoms with van der Waals surface area (Å²) in [7, 11) is 1.74. The summed E-state index contributed by atoms with van der Waals surface area (Å²) in [6, 6.07) is 10.7. The maximum absolute atomic E-state index is 12.7. The van der Waals surface area contributed by atoms with Gasteiger partial charge in [0.25, 0.3) is 5.91 Å². The predicted molar refractivity (Wildman–Crippen MR) is 111 cm³/mol. The van der Waals surface area contributed by atoms with Gasteiger partial charge in [-0.05, 0) is 36.4 Å². The van der Waals surface area contributed by atoms with Gasteiger partial charge in [-0.2, -0.15) is 0 Å². The summed E-state index contributed by atoms with van der Waals surface area (Å²) in [5.74, 6) is -0.807. The first-order chi connectivity index (χ1) is 13.6. The molecule has 10 heteroatoms. The normalized spacial score (nSPS) is 11.2. The van der Waals surface area contributed by atoms with Crippen molar-refractivity contribution in [1.29, 1.82) is 0 Å². The number of amides is 2. The molecule has 29 heavy (non-hydrogen) atoms. The summed E-state index contributed by atoms with van der Waals surface area (Å²) in [6.07, 6.45) is 0. The minimum Gasteiger partial charge on any atom is -0.495 e. The number of ether oxygens (including phenoxy) is 1. The predicted octanol–water partition coefficient (Wildman–Crippen LogP) is 2.31. The minimum atomic E-state index is -3.82. The Morgan fingerprint density at radius 1 is 1.10 bits per heavy atom. The van der Waals surface area contributed by atoms with Gasteiger partial charge in [0, 0.05) is 37.4 Å². The first-order valence-corrected chi connectivity index (χ1v) is 10.3. The van der Waals surface area contributed by atoms with E-state index in [4.69, 9.17) is 16.3 Å². The number of nitrogens with one attached hydrogen (secondary N) is 1. The first-order valence-electron chi connectivity index (χ1n) is 8.47. The third-order valence-electron chi connectivity index (χ3n) is 4.01. The van der Waals surface area contributed by atoms with E-state index in [9.17, 15) is 18.0 Å². The quantitative estimate of drug-likeness (QED) is 0.714. The Labute approximate surface area is 175 Å². The fraction of sp³-hybridized carbons (Fsp3) is 0.263. The van der Waals surface area contributed by atoms with Crippen LogP contribution in [0.4, 0.5) is 5.69 Å². The number of rotatable bonds is 7. The van der Waals surface area contributed by atoms with E-state index >= 15 is 0 Å². The molecule has 0 spiro atoms. The van der Waals surface area contributed by atoms with Crippen molar-refractivity contribution < 1.29 is 22.7 Å². The molecule has 0 aliphatic rings. The van der Waals surface area contributed by atoms with E-state index in [-0.39, 0.29) is 22.8 Å². The molecule has 0 saturated heterocycles. The van der Waals surface area contributed by atoms with Gasteiger partial charge >= 0.3 is 0 Å². The standard InChI is InChI=1S/C19H22ClN3O5S/c1-22(2)29(26,27)17-10-13(8-9-16(17)28-4)19(25)23(3)12-18(24)21-15-7-5-6-14(20)11-15/h5-11H,12H2,1-4H3,(H,21,24). The van der Waals surface area contributed by atoms with E-state index in [1.165, 1.54) is 51.4 Å². The van der Waals surface area contributed by atoms with Crippen LogP contribution in [0, 0.1) is 0 Å². The lowest BCUT2D eigenvalue weighted by atomic mass is 10.2. The number of methoxy groups -OCH3 is 1. The average molecular weight is 440 g/mol. The molecule has 0 bridgehead atoms. The van der Waals surface area contributed by atoms with E-state index in [0.717, 1.165) is 4.31 Å². The van der Waals surface area contributed by atoms with Crippen molar-refractivity contribution in [1.82, 2.24) is 9.21 Å². The Morgan fingerprint density at radius 3 is 2.38 bits per heavy atom. The largest absolute Gasteiger partial charge is 0.495 e. The summed E-state index contributed by atoms with van der Waals surface area (Å²) >= 11 is 5.88. The highest BCUT2D eigenvalue weighted by molar-refractivity contribution is 7.89. The summed E-state index contributed by atoms with van der Waals surface area (Å²) in [5.41, 5.74) is 0.622. The van der Waals surface area contributed by atoms with E-state index in [0.29, 0.717) is 10.7 Å². The lowest BCUT2D eigenvalue weighted by Gasteiger charge is -2.19. The van der Waals surface area contributed by atoms with Crippen LogP contribution in [0.2, 0.25) is 5.02 Å². The van der Waals surface area contributed by atoms with Gasteiger partial charge in [0.2, 0.25) is 15.9 Å². The van der Waals surface area contributed by atoms with Gasteiger partial charge in [0.1, 0.15) is 10.6 Å². The molecule has 1 N–H and O–H groups in total. The molecular formula is C19H22ClN3O5S. The highest BCUT2D eigenvalue weighted by atomic mass is 35.5. The SMILES string of the molecule is COc1ccc(C(=O)N(C)CC(=O)Nc2cccc(Cl)c2)cc1S(=O)(=O)N(C)C. The third-order valence-corrected chi connectivity index (χ3v) is 6.08. The van der Waals surface area contributed by atoms with Gasteiger partial charge in [0.05, 0.1) is 13.7 Å². The van der Waals surface area contributed by atoms with Crippen molar-refractivity contribution >= 4 is 39.1 Å². The van der Waals surface area contributed by atoms with Crippen LogP contribution >= 0.6 is 11.6 Å². The van der Waals surface area contributed by atoms with Crippen LogP contribution in [0.5, 0.6) is 5.75 Å². The fourth-order valence-electron chi connectivity index (χ4n) is 2.48. The maximum Gasteiger partial charge on any atom is 0.254 e. The number of hydrogen-bond acceptors (Lipinski definition) is 5. The number of likely N-dealkylation sites (N-methyl/N-ethyl adjacent to an activating group) is 1. The van der Waals surface area contributed by atoms with E-state index in [1.54, 1.807) is 24.3 Å². The molecule has 0 aliphatic carbocycles. The van der Waals surface area contributed by atoms with E-state index in [2.05, 4.69) is 5.32 Å². The molecule has 0 radical (unpaired) electrons. The number of carbonyl (C=O) groups is 2. The molecule has 0 fully saturated rings. The van der Waals surface area contributed by atoms with E-state index in [1.807, 2.05) is 0 Å². The Hall–Kier alpha value is -2.62. The van der Waals surface area contributed by atoms with E-state index < -0.39 is 21.8 Å². The Balaban J connectivity index is 2.19. The Bertz CT molecular complexity index is 1020. The molecule has 0 saturated carbocycles. The van der Waals surface area contributed by atoms with Gasteiger partial charge in [-0.25, -0.2) is 12.7 Å². The molecular weight excluding hydrogens is 418 g/mol. The van der Waals surface area contributed by atoms with Gasteiger partial charge < -0.3 is 15.0 Å². The van der Waals surface area contributed by atoms with Gasteiger partial charge in [-0.1, -0.05) is 17.7 Å². The number of sulfonamides is 1. The molecule has 8 nitrogen and oxygen atoms in total. The van der Waals surface area contributed by atoms with Crippen molar-refractivity contribution in [3.63, 3.8) is 0 Å². The zero-order valence-corrected chi connectivity index (χ0v) is 18.0. The first kappa shape index (κ1) is 22.7. The number of nitrogens with zero attached hydrogens (tertiary/aromatic N) is 2. The summed E-state index contributed by atoms with van der Waals surface area (Å²) in [5, 5.41) is 3.12. The zero-order valence-electron chi connectivity index (χ0n) is 16.5. The topological polar surface area (TPSA) is 96.0 Å². The second-order valence-electron chi connectivity index (χ2n) is 6.37. The number of carbonyl (C=O) groups excluding carboxylic acids is 2. The molecule has 0 heterocycles. The van der Waals surface area contributed by atoms with Crippen molar-refractivity contribution in [3.8, 4) is 5.75 Å². The molecule has 2 rings (SSSR count). The van der Waals surface area contributed by atoms with Crippen LogP contribution in [0.25, 0.3) is 0 Å². The van der Waals surface area contributed by atoms with Crippen molar-refractivity contribution in [3.05, 3.63) is 53.1 Å². The zero-order chi connectivity index (χ0) is 21.8. The van der Waals surface area contributed by atoms with Crippen LogP contribution in [0.3, 0.4) is 0 Å². The van der Waals surface area contributed by atoms with Crippen LogP contribution in [-0.4, -0.2) is 64.2 Å². The lowest BCUT2D eigenvalue weighted by molar-refractivity contribution is -0.116. The van der Waals surface area contributed by atoms with Crippen LogP contribution in [0.1, 0.15) is 10.4 Å². The number of halogens is 1. The fourth-order valence-corrected chi connectivity index (χ4v) is 3.75. The average Bonchev–Trinajstić information content (AvgIpc) is 2.66. The third kappa shape index (κ3) is 5.47. The molecule has 0 atom stereocenters. The second-order valence-corrected chi connectivity index (χ2v) is 8.93. The van der Waals surface area contributed by atoms with Crippen LogP contribution in [0.15, 0.2) is 47.4 Å². The molecule has 2 aromatic rings. The Kier molecular flexibility index (Phi) is 7.23. The second kappa shape index (κ2) is 9.25. The molecule has 0 unspecified atom stereocenters. The summed E-state index contributed by atoms with van der Waals surface area (Å²) < 4.78 is 31.2. The number of benzene rings is 2. The maximum atomic E-state index is 12.7. The summed E-state index contributed by atoms with van der Waals surface area (Å²) in [4.78, 5) is 26.0. The van der Waals surface area contributed by atoms with Gasteiger partial charge in [0.15, 0.2) is 0 Å². The van der Waals surface area contributed by atoms with Crippen molar-refractivity contribution in [2.75, 3.05) is 40.1 Å².